The van der Waals surface area contributed by atoms with Gasteiger partial charge in [-0.2, -0.15) is 0 Å². The molecule has 0 heterocycles. The van der Waals surface area contributed by atoms with Crippen molar-refractivity contribution in [2.24, 2.45) is 0 Å². The maximum Gasteiger partial charge on any atom is 0.323 e. The van der Waals surface area contributed by atoms with Crippen molar-refractivity contribution in [3.05, 3.63) is 29.8 Å². The largest absolute Gasteiger partial charge is 0.480 e. The van der Waals surface area contributed by atoms with Crippen LogP contribution in [0.4, 0.5) is 10.5 Å². The average Bonchev–Trinajstić information content (AvgIpc) is 2.41. The minimum atomic E-state index is -1.02. The number of carboxylic acids is 1. The molecule has 1 saturated carbocycles. The van der Waals surface area contributed by atoms with Crippen molar-refractivity contribution in [2.45, 2.75) is 45.1 Å². The number of nitrogens with one attached hydrogen (secondary N) is 1. The first kappa shape index (κ1) is 15.4. The highest BCUT2D eigenvalue weighted by Gasteiger charge is 2.37. The first-order chi connectivity index (χ1) is 9.96. The van der Waals surface area contributed by atoms with Gasteiger partial charge in [0.25, 0.3) is 0 Å². The van der Waals surface area contributed by atoms with Gasteiger partial charge in [0.05, 0.1) is 0 Å². The Kier molecular flexibility index (Phi) is 4.50. The Bertz CT molecular complexity index is 515. The van der Waals surface area contributed by atoms with Crippen LogP contribution in [0, 0.1) is 6.92 Å². The molecule has 5 heteroatoms. The molecule has 0 aliphatic heterocycles. The highest BCUT2D eigenvalue weighted by Crippen LogP contribution is 2.35. The Balaban J connectivity index is 2.17. The molecule has 0 radical (unpaired) electrons. The Labute approximate surface area is 125 Å². The fourth-order valence-electron chi connectivity index (χ4n) is 2.61. The lowest BCUT2D eigenvalue weighted by Crippen LogP contribution is -2.57. The van der Waals surface area contributed by atoms with Gasteiger partial charge in [-0.3, -0.25) is 9.69 Å². The van der Waals surface area contributed by atoms with Crippen molar-refractivity contribution in [3.8, 4) is 0 Å². The van der Waals surface area contributed by atoms with Gasteiger partial charge in [0.1, 0.15) is 6.54 Å². The number of anilines is 1. The van der Waals surface area contributed by atoms with Gasteiger partial charge in [-0.25, -0.2) is 4.79 Å². The van der Waals surface area contributed by atoms with Crippen LogP contribution >= 0.6 is 0 Å². The topological polar surface area (TPSA) is 69.6 Å². The lowest BCUT2D eigenvalue weighted by molar-refractivity contribution is -0.135. The summed E-state index contributed by atoms with van der Waals surface area (Å²) in [4.78, 5) is 24.8. The summed E-state index contributed by atoms with van der Waals surface area (Å²) in [5.41, 5.74) is 1.52. The molecule has 1 aliphatic rings. The number of carbonyl (C=O) groups excluding carboxylic acids is 1. The first-order valence-electron chi connectivity index (χ1n) is 7.34. The van der Waals surface area contributed by atoms with E-state index in [-0.39, 0.29) is 18.1 Å². The lowest BCUT2D eigenvalue weighted by atomic mass is 9.75. The zero-order valence-electron chi connectivity index (χ0n) is 12.6. The summed E-state index contributed by atoms with van der Waals surface area (Å²) in [7, 11) is 0. The van der Waals surface area contributed by atoms with E-state index >= 15 is 0 Å². The number of carbonyl (C=O) groups is 2. The number of hydrogen-bond donors (Lipinski definition) is 2. The smallest absolute Gasteiger partial charge is 0.323 e. The van der Waals surface area contributed by atoms with E-state index in [1.54, 1.807) is 12.1 Å². The van der Waals surface area contributed by atoms with Crippen molar-refractivity contribution in [2.75, 3.05) is 11.4 Å². The molecule has 114 valence electrons. The van der Waals surface area contributed by atoms with E-state index in [1.165, 1.54) is 4.90 Å². The minimum absolute atomic E-state index is 0.154. The average molecular weight is 290 g/mol. The maximum atomic E-state index is 12.5. The van der Waals surface area contributed by atoms with Crippen LogP contribution < -0.4 is 10.2 Å². The third-order valence-corrected chi connectivity index (χ3v) is 4.24. The highest BCUT2D eigenvalue weighted by atomic mass is 16.4. The predicted octanol–water partition coefficient (Wildman–Crippen LogP) is 2.93. The van der Waals surface area contributed by atoms with Crippen molar-refractivity contribution < 1.29 is 14.7 Å². The van der Waals surface area contributed by atoms with Gasteiger partial charge >= 0.3 is 12.0 Å². The molecule has 1 aromatic carbocycles. The monoisotopic (exact) mass is 290 g/mol. The molecular formula is C16H22N2O3. The van der Waals surface area contributed by atoms with E-state index in [2.05, 4.69) is 5.32 Å². The Hall–Kier alpha value is -2.04. The summed E-state index contributed by atoms with van der Waals surface area (Å²) in [6.45, 7) is 3.66. The molecule has 1 fully saturated rings. The van der Waals surface area contributed by atoms with Crippen molar-refractivity contribution in [1.29, 1.82) is 0 Å². The molecule has 0 bridgehead atoms. The second-order valence-electron chi connectivity index (χ2n) is 5.73. The molecule has 0 unspecified atom stereocenters. The first-order valence-corrected chi connectivity index (χ1v) is 7.34. The number of carboxylic acid groups (broad SMARTS) is 1. The Morgan fingerprint density at radius 2 is 1.90 bits per heavy atom. The summed E-state index contributed by atoms with van der Waals surface area (Å²) in [6, 6.07) is 6.96. The van der Waals surface area contributed by atoms with E-state index < -0.39 is 5.97 Å². The Morgan fingerprint density at radius 3 is 2.33 bits per heavy atom. The number of nitrogens with zero attached hydrogens (tertiary/aromatic N) is 1. The summed E-state index contributed by atoms with van der Waals surface area (Å²) in [6.07, 6.45) is 3.90. The second kappa shape index (κ2) is 6.16. The third-order valence-electron chi connectivity index (χ3n) is 4.24. The number of aliphatic carboxylic acids is 1. The minimum Gasteiger partial charge on any atom is -0.480 e. The number of rotatable bonds is 5. The fourth-order valence-corrected chi connectivity index (χ4v) is 2.61. The van der Waals surface area contributed by atoms with Crippen molar-refractivity contribution >= 4 is 17.7 Å². The van der Waals surface area contributed by atoms with E-state index in [4.69, 9.17) is 5.11 Å². The zero-order chi connectivity index (χ0) is 15.5. The fraction of sp³-hybridized carbons (Fsp3) is 0.500. The third kappa shape index (κ3) is 3.54. The van der Waals surface area contributed by atoms with Gasteiger partial charge in [0, 0.05) is 11.2 Å². The maximum absolute atomic E-state index is 12.5. The van der Waals surface area contributed by atoms with Crippen LogP contribution in [0.2, 0.25) is 0 Å². The van der Waals surface area contributed by atoms with E-state index in [0.717, 1.165) is 31.2 Å². The molecule has 0 atom stereocenters. The van der Waals surface area contributed by atoms with Gasteiger partial charge in [0.15, 0.2) is 0 Å². The second-order valence-corrected chi connectivity index (χ2v) is 5.73. The number of hydrogen-bond acceptors (Lipinski definition) is 2. The SMILES string of the molecule is CCC1(NC(=O)N(CC(=O)O)c2ccc(C)cc2)CCC1. The van der Waals surface area contributed by atoms with Crippen LogP contribution in [-0.4, -0.2) is 29.2 Å². The summed E-state index contributed by atoms with van der Waals surface area (Å²) >= 11 is 0. The molecule has 1 aromatic rings. The van der Waals surface area contributed by atoms with Gasteiger partial charge in [-0.1, -0.05) is 24.6 Å². The van der Waals surface area contributed by atoms with Crippen molar-refractivity contribution in [3.63, 3.8) is 0 Å². The van der Waals surface area contributed by atoms with E-state index in [0.29, 0.717) is 5.69 Å². The molecular weight excluding hydrogens is 268 g/mol. The van der Waals surface area contributed by atoms with Crippen LogP contribution in [0.15, 0.2) is 24.3 Å². The summed E-state index contributed by atoms with van der Waals surface area (Å²) in [5.74, 6) is -1.02. The van der Waals surface area contributed by atoms with Crippen LogP contribution in [0.25, 0.3) is 0 Å². The standard InChI is InChI=1S/C16H22N2O3/c1-3-16(9-4-10-16)17-15(21)18(11-14(19)20)13-7-5-12(2)6-8-13/h5-8H,3-4,9-11H2,1-2H3,(H,17,21)(H,19,20). The number of aryl methyl sites for hydroxylation is 1. The summed E-state index contributed by atoms with van der Waals surface area (Å²) in [5, 5.41) is 12.1. The molecule has 1 aliphatic carbocycles. The number of urea groups is 1. The van der Waals surface area contributed by atoms with Crippen LogP contribution in [-0.2, 0) is 4.79 Å². The van der Waals surface area contributed by atoms with E-state index in [9.17, 15) is 9.59 Å². The molecule has 21 heavy (non-hydrogen) atoms. The van der Waals surface area contributed by atoms with Gasteiger partial charge in [0.2, 0.25) is 0 Å². The lowest BCUT2D eigenvalue weighted by Gasteiger charge is -2.43. The van der Waals surface area contributed by atoms with Crippen molar-refractivity contribution in [1.82, 2.24) is 5.32 Å². The van der Waals surface area contributed by atoms with Gasteiger partial charge in [-0.05, 0) is 44.7 Å². The van der Waals surface area contributed by atoms with Crippen LogP contribution in [0.1, 0.15) is 38.2 Å². The zero-order valence-corrected chi connectivity index (χ0v) is 12.6. The number of benzene rings is 1. The van der Waals surface area contributed by atoms with Crippen LogP contribution in [0.3, 0.4) is 0 Å². The summed E-state index contributed by atoms with van der Waals surface area (Å²) < 4.78 is 0. The highest BCUT2D eigenvalue weighted by molar-refractivity contribution is 5.96. The normalized spacial score (nSPS) is 15.9. The molecule has 0 saturated heterocycles. The number of amides is 2. The molecule has 2 N–H and O–H groups in total. The molecule has 0 spiro atoms. The molecule has 2 amide bonds. The molecule has 0 aromatic heterocycles. The van der Waals surface area contributed by atoms with Crippen LogP contribution in [0.5, 0.6) is 0 Å². The molecule has 5 nitrogen and oxygen atoms in total. The van der Waals surface area contributed by atoms with E-state index in [1.807, 2.05) is 26.0 Å². The Morgan fingerprint density at radius 1 is 1.29 bits per heavy atom. The quantitative estimate of drug-likeness (QED) is 0.876. The predicted molar refractivity (Wildman–Crippen MR) is 81.6 cm³/mol. The van der Waals surface area contributed by atoms with Gasteiger partial charge < -0.3 is 10.4 Å². The van der Waals surface area contributed by atoms with Gasteiger partial charge in [-0.15, -0.1) is 0 Å². The molecule has 2 rings (SSSR count).